The lowest BCUT2D eigenvalue weighted by Gasteiger charge is -2.03. The van der Waals surface area contributed by atoms with E-state index in [1.165, 1.54) is 12.2 Å². The van der Waals surface area contributed by atoms with Crippen molar-refractivity contribution in [2.75, 3.05) is 26.4 Å². The molecule has 0 saturated carbocycles. The van der Waals surface area contributed by atoms with E-state index in [0.717, 1.165) is 0 Å². The molecule has 0 aromatic rings. The highest BCUT2D eigenvalue weighted by molar-refractivity contribution is 5.83. The Morgan fingerprint density at radius 2 is 0.825 bits per heavy atom. The van der Waals surface area contributed by atoms with Crippen molar-refractivity contribution in [1.82, 2.24) is 0 Å². The summed E-state index contributed by atoms with van der Waals surface area (Å²) in [7, 11) is 0. The van der Waals surface area contributed by atoms with Crippen LogP contribution in [0.15, 0.2) is 97.2 Å². The van der Waals surface area contributed by atoms with Crippen LogP contribution in [0.1, 0.15) is 53.4 Å². The number of esters is 4. The van der Waals surface area contributed by atoms with Crippen LogP contribution in [-0.2, 0) is 38.1 Å². The molecule has 0 aliphatic carbocycles. The second kappa shape index (κ2) is 31.0. The van der Waals surface area contributed by atoms with Crippen molar-refractivity contribution in [2.45, 2.75) is 53.4 Å². The summed E-state index contributed by atoms with van der Waals surface area (Å²) < 4.78 is 19.6. The van der Waals surface area contributed by atoms with Gasteiger partial charge in [-0.25, -0.2) is 9.59 Å². The molecule has 0 aliphatic rings. The first-order chi connectivity index (χ1) is 19.4. The summed E-state index contributed by atoms with van der Waals surface area (Å²) in [5.74, 6) is -1.41. The van der Waals surface area contributed by atoms with Gasteiger partial charge in [0.15, 0.2) is 0 Å². The molecule has 0 rings (SSSR count). The monoisotopic (exact) mass is 556 g/mol. The average Bonchev–Trinajstić information content (AvgIpc) is 2.94. The van der Waals surface area contributed by atoms with Crippen LogP contribution >= 0.6 is 0 Å². The Morgan fingerprint density at radius 1 is 0.475 bits per heavy atom. The lowest BCUT2D eigenvalue weighted by Crippen LogP contribution is -2.11. The highest BCUT2D eigenvalue weighted by atomic mass is 16.6. The van der Waals surface area contributed by atoms with Crippen molar-refractivity contribution in [3.8, 4) is 0 Å². The molecule has 8 heteroatoms. The van der Waals surface area contributed by atoms with Crippen LogP contribution in [0.4, 0.5) is 0 Å². The average molecular weight is 557 g/mol. The Bertz CT molecular complexity index is 855. The zero-order chi connectivity index (χ0) is 30.1. The molecule has 0 aromatic heterocycles. The van der Waals surface area contributed by atoms with Crippen molar-refractivity contribution in [2.24, 2.45) is 0 Å². The third-order valence-corrected chi connectivity index (χ3v) is 4.22. The molecule has 0 spiro atoms. The van der Waals surface area contributed by atoms with Gasteiger partial charge in [0.2, 0.25) is 0 Å². The summed E-state index contributed by atoms with van der Waals surface area (Å²) in [6, 6.07) is 0. The molecule has 220 valence electrons. The van der Waals surface area contributed by atoms with E-state index in [1.807, 2.05) is 64.2 Å². The van der Waals surface area contributed by atoms with Gasteiger partial charge in [0.25, 0.3) is 0 Å². The quantitative estimate of drug-likeness (QED) is 0.0643. The van der Waals surface area contributed by atoms with E-state index in [1.54, 1.807) is 48.6 Å². The molecule has 0 saturated heterocycles. The van der Waals surface area contributed by atoms with Crippen LogP contribution in [0, 0.1) is 0 Å². The largest absolute Gasteiger partial charge is 0.461 e. The fourth-order valence-corrected chi connectivity index (χ4v) is 2.33. The van der Waals surface area contributed by atoms with Crippen molar-refractivity contribution in [1.29, 1.82) is 0 Å². The summed E-state index contributed by atoms with van der Waals surface area (Å²) in [6.07, 6.45) is 29.4. The molecular weight excluding hydrogens is 512 g/mol. The highest BCUT2D eigenvalue weighted by Gasteiger charge is 2.05. The van der Waals surface area contributed by atoms with Crippen LogP contribution < -0.4 is 0 Å². The van der Waals surface area contributed by atoms with Gasteiger partial charge in [0.1, 0.15) is 26.4 Å². The summed E-state index contributed by atoms with van der Waals surface area (Å²) >= 11 is 0. The predicted octanol–water partition coefficient (Wildman–Crippen LogP) is 6.24. The SMILES string of the molecule is C/C=C/C=C/C(=O)OCCOC(=O)/C=C/C=C/C.C/C=C/C=C/COC(=O)CCCCC(=O)OC/C=C/C=C/C. The molecule has 8 nitrogen and oxygen atoms in total. The number of rotatable bonds is 18. The van der Waals surface area contributed by atoms with Gasteiger partial charge >= 0.3 is 23.9 Å². The number of hydrogen-bond acceptors (Lipinski definition) is 8. The topological polar surface area (TPSA) is 105 Å². The molecule has 0 unspecified atom stereocenters. The standard InChI is InChI=1S/C18H26O4.C14H18O4/c1-3-5-7-11-15-21-17(19)13-9-10-14-18(20)22-16-12-8-6-4-2;1-3-5-7-9-13(15)17-11-12-18-14(16)10-8-6-4-2/h3-8,11-12H,9-10,13-16H2,1-2H3;3-10H,11-12H2,1-2H3/b5-3+,6-4+,11-7+,12-8+;5-3+,6-4+,9-7+,10-8+. The third kappa shape index (κ3) is 31.8. The molecule has 0 N–H and O–H groups in total. The van der Waals surface area contributed by atoms with E-state index in [9.17, 15) is 19.2 Å². The molecule has 0 bridgehead atoms. The van der Waals surface area contributed by atoms with Gasteiger partial charge in [-0.05, 0) is 52.7 Å². The maximum Gasteiger partial charge on any atom is 0.330 e. The first-order valence-electron chi connectivity index (χ1n) is 13.2. The molecule has 0 aliphatic heterocycles. The zero-order valence-electron chi connectivity index (χ0n) is 24.2. The van der Waals surface area contributed by atoms with E-state index in [2.05, 4.69) is 0 Å². The summed E-state index contributed by atoms with van der Waals surface area (Å²) in [5.41, 5.74) is 0. The van der Waals surface area contributed by atoms with Gasteiger partial charge < -0.3 is 18.9 Å². The summed E-state index contributed by atoms with van der Waals surface area (Å²) in [5, 5.41) is 0. The van der Waals surface area contributed by atoms with Gasteiger partial charge in [-0.1, -0.05) is 72.9 Å². The molecular formula is C32H44O8. The number of carbonyl (C=O) groups excluding carboxylic acids is 4. The van der Waals surface area contributed by atoms with Gasteiger partial charge in [-0.3, -0.25) is 9.59 Å². The van der Waals surface area contributed by atoms with Crippen molar-refractivity contribution < 1.29 is 38.1 Å². The van der Waals surface area contributed by atoms with Gasteiger partial charge in [0, 0.05) is 25.0 Å². The van der Waals surface area contributed by atoms with Gasteiger partial charge in [0.05, 0.1) is 0 Å². The minimum atomic E-state index is -0.464. The summed E-state index contributed by atoms with van der Waals surface area (Å²) in [4.78, 5) is 44.9. The number of hydrogen-bond donors (Lipinski definition) is 0. The fraction of sp³-hybridized carbons (Fsp3) is 0.375. The highest BCUT2D eigenvalue weighted by Crippen LogP contribution is 2.03. The molecule has 0 fully saturated rings. The Hall–Kier alpha value is -4.20. The van der Waals surface area contributed by atoms with E-state index < -0.39 is 11.9 Å². The molecule has 0 heterocycles. The second-order valence-corrected chi connectivity index (χ2v) is 7.59. The minimum Gasteiger partial charge on any atom is -0.461 e. The molecule has 0 radical (unpaired) electrons. The lowest BCUT2D eigenvalue weighted by atomic mass is 10.2. The Labute approximate surface area is 239 Å². The van der Waals surface area contributed by atoms with Crippen LogP contribution in [-0.4, -0.2) is 50.3 Å². The fourth-order valence-electron chi connectivity index (χ4n) is 2.33. The van der Waals surface area contributed by atoms with E-state index in [4.69, 9.17) is 18.9 Å². The molecule has 40 heavy (non-hydrogen) atoms. The summed E-state index contributed by atoms with van der Waals surface area (Å²) in [6.45, 7) is 8.17. The third-order valence-electron chi connectivity index (χ3n) is 4.22. The Morgan fingerprint density at radius 3 is 1.18 bits per heavy atom. The molecule has 0 atom stereocenters. The predicted molar refractivity (Wildman–Crippen MR) is 158 cm³/mol. The van der Waals surface area contributed by atoms with Gasteiger partial charge in [-0.2, -0.15) is 0 Å². The maximum atomic E-state index is 11.4. The molecule has 0 aromatic carbocycles. The van der Waals surface area contributed by atoms with Crippen molar-refractivity contribution in [3.05, 3.63) is 97.2 Å². The first-order valence-corrected chi connectivity index (χ1v) is 13.2. The Balaban J connectivity index is 0. The van der Waals surface area contributed by atoms with E-state index in [-0.39, 0.29) is 38.4 Å². The van der Waals surface area contributed by atoms with Crippen LogP contribution in [0.3, 0.4) is 0 Å². The number of allylic oxidation sites excluding steroid dienone is 12. The van der Waals surface area contributed by atoms with Gasteiger partial charge in [-0.15, -0.1) is 0 Å². The van der Waals surface area contributed by atoms with E-state index >= 15 is 0 Å². The lowest BCUT2D eigenvalue weighted by molar-refractivity contribution is -0.146. The van der Waals surface area contributed by atoms with Crippen molar-refractivity contribution in [3.63, 3.8) is 0 Å². The van der Waals surface area contributed by atoms with Crippen LogP contribution in [0.2, 0.25) is 0 Å². The normalized spacial score (nSPS) is 11.9. The number of carbonyl (C=O) groups is 4. The number of ether oxygens (including phenoxy) is 4. The second-order valence-electron chi connectivity index (χ2n) is 7.59. The van der Waals surface area contributed by atoms with Crippen LogP contribution in [0.25, 0.3) is 0 Å². The van der Waals surface area contributed by atoms with Crippen molar-refractivity contribution >= 4 is 23.9 Å². The van der Waals surface area contributed by atoms with E-state index in [0.29, 0.717) is 25.7 Å². The Kier molecular flexibility index (Phi) is 29.4. The maximum absolute atomic E-state index is 11.4. The van der Waals surface area contributed by atoms with Crippen LogP contribution in [0.5, 0.6) is 0 Å². The first kappa shape index (κ1) is 37.9. The number of unbranched alkanes of at least 4 members (excludes halogenated alkanes) is 1. The molecule has 0 amide bonds. The zero-order valence-corrected chi connectivity index (χ0v) is 24.2. The smallest absolute Gasteiger partial charge is 0.330 e. The minimum absolute atomic E-state index is 0.0439.